The van der Waals surface area contributed by atoms with E-state index in [9.17, 15) is 9.59 Å². The number of para-hydroxylation sites is 1. The van der Waals surface area contributed by atoms with Gasteiger partial charge in [0.05, 0.1) is 24.0 Å². The highest BCUT2D eigenvalue weighted by atomic mass is 16.2. The van der Waals surface area contributed by atoms with Gasteiger partial charge >= 0.3 is 0 Å². The molecule has 3 N–H and O–H groups in total. The van der Waals surface area contributed by atoms with Crippen LogP contribution < -0.4 is 16.6 Å². The molecular weight excluding hydrogens is 504 g/mol. The fourth-order valence-corrected chi connectivity index (χ4v) is 4.72. The Morgan fingerprint density at radius 3 is 2.67 bits per heavy atom. The second kappa shape index (κ2) is 9.89. The standard InChI is InChI=1S/C30H24N8O2/c1-19(34-29(39)26-27(31)35-37-15-7-14-33-28(26)37)24-16-21-9-6-8-20(12-13-23-17-32-18-36(23)2)25(21)30(40)38(24)22-10-4-3-5-11-22/h3-11,14-19H,1-2H3,(H2,31,35)(H,34,39)/t19-/m1/s1. The normalized spacial score (nSPS) is 11.8. The van der Waals surface area contributed by atoms with Crippen molar-refractivity contribution in [2.45, 2.75) is 13.0 Å². The maximum Gasteiger partial charge on any atom is 0.264 e. The quantitative estimate of drug-likeness (QED) is 0.339. The number of aromatic nitrogens is 6. The second-order valence-electron chi connectivity index (χ2n) is 9.30. The molecule has 0 aliphatic heterocycles. The molecule has 0 spiro atoms. The molecule has 10 nitrogen and oxygen atoms in total. The first-order valence-corrected chi connectivity index (χ1v) is 12.5. The van der Waals surface area contributed by atoms with Crippen molar-refractivity contribution >= 4 is 28.1 Å². The Morgan fingerprint density at radius 2 is 1.90 bits per heavy atom. The number of nitrogens with two attached hydrogens (primary N) is 1. The van der Waals surface area contributed by atoms with Gasteiger partial charge in [-0.3, -0.25) is 14.2 Å². The number of nitrogens with zero attached hydrogens (tertiary/aromatic N) is 6. The Balaban J connectivity index is 1.48. The van der Waals surface area contributed by atoms with E-state index >= 15 is 0 Å². The van der Waals surface area contributed by atoms with Crippen molar-refractivity contribution in [3.8, 4) is 17.5 Å². The van der Waals surface area contributed by atoms with Crippen LogP contribution in [0.1, 0.15) is 40.3 Å². The van der Waals surface area contributed by atoms with Crippen molar-refractivity contribution in [2.75, 3.05) is 5.73 Å². The van der Waals surface area contributed by atoms with Gasteiger partial charge in [0.15, 0.2) is 11.5 Å². The zero-order valence-corrected chi connectivity index (χ0v) is 21.7. The molecule has 1 amide bonds. The summed E-state index contributed by atoms with van der Waals surface area (Å²) in [5.74, 6) is 5.88. The Morgan fingerprint density at radius 1 is 1.07 bits per heavy atom. The van der Waals surface area contributed by atoms with Crippen LogP contribution in [-0.4, -0.2) is 34.6 Å². The Hall–Kier alpha value is -5.69. The average Bonchev–Trinajstić information content (AvgIpc) is 3.53. The van der Waals surface area contributed by atoms with Crippen LogP contribution in [-0.2, 0) is 7.05 Å². The number of nitrogen functional groups attached to an aromatic ring is 1. The van der Waals surface area contributed by atoms with Gasteiger partial charge in [-0.15, -0.1) is 5.10 Å². The Kier molecular flexibility index (Phi) is 6.09. The summed E-state index contributed by atoms with van der Waals surface area (Å²) in [6.07, 6.45) is 6.59. The highest BCUT2D eigenvalue weighted by molar-refractivity contribution is 6.04. The monoisotopic (exact) mass is 528 g/mol. The van der Waals surface area contributed by atoms with Crippen LogP contribution >= 0.6 is 0 Å². The zero-order chi connectivity index (χ0) is 27.8. The van der Waals surface area contributed by atoms with E-state index in [1.54, 1.807) is 35.6 Å². The third-order valence-corrected chi connectivity index (χ3v) is 6.67. The van der Waals surface area contributed by atoms with Crippen LogP contribution in [0.3, 0.4) is 0 Å². The summed E-state index contributed by atoms with van der Waals surface area (Å²) in [6, 6.07) is 17.9. The maximum atomic E-state index is 14.2. The van der Waals surface area contributed by atoms with Gasteiger partial charge in [-0.25, -0.2) is 14.5 Å². The summed E-state index contributed by atoms with van der Waals surface area (Å²) in [5, 5.41) is 8.37. The van der Waals surface area contributed by atoms with E-state index in [-0.39, 0.29) is 16.9 Å². The van der Waals surface area contributed by atoms with Gasteiger partial charge in [-0.1, -0.05) is 36.3 Å². The van der Waals surface area contributed by atoms with Gasteiger partial charge in [0.1, 0.15) is 11.3 Å². The first-order chi connectivity index (χ1) is 19.4. The number of hydrogen-bond acceptors (Lipinski definition) is 6. The van der Waals surface area contributed by atoms with Crippen LogP contribution in [0.2, 0.25) is 0 Å². The van der Waals surface area contributed by atoms with Crippen LogP contribution in [0.4, 0.5) is 5.82 Å². The van der Waals surface area contributed by atoms with Crippen LogP contribution in [0.15, 0.2) is 90.4 Å². The summed E-state index contributed by atoms with van der Waals surface area (Å²) in [7, 11) is 1.86. The summed E-state index contributed by atoms with van der Waals surface area (Å²) >= 11 is 0. The molecular formula is C30H24N8O2. The van der Waals surface area contributed by atoms with Gasteiger partial charge in [-0.05, 0) is 48.6 Å². The molecule has 4 aromatic heterocycles. The number of imidazole rings is 1. The van der Waals surface area contributed by atoms with Gasteiger partial charge in [-0.2, -0.15) is 0 Å². The van der Waals surface area contributed by atoms with Gasteiger partial charge < -0.3 is 15.6 Å². The molecule has 0 radical (unpaired) electrons. The number of amides is 1. The maximum absolute atomic E-state index is 14.2. The predicted octanol–water partition coefficient (Wildman–Crippen LogP) is 3.24. The number of carbonyl (C=O) groups is 1. The molecule has 6 aromatic rings. The van der Waals surface area contributed by atoms with Crippen LogP contribution in [0.25, 0.3) is 22.1 Å². The first-order valence-electron chi connectivity index (χ1n) is 12.5. The number of fused-ring (bicyclic) bond motifs is 2. The molecule has 0 saturated carbocycles. The lowest BCUT2D eigenvalue weighted by molar-refractivity contribution is 0.0941. The lowest BCUT2D eigenvalue weighted by atomic mass is 10.0. The van der Waals surface area contributed by atoms with E-state index in [1.807, 2.05) is 73.1 Å². The number of aryl methyl sites for hydroxylation is 1. The molecule has 10 heteroatoms. The molecule has 0 aliphatic rings. The number of pyridine rings is 1. The van der Waals surface area contributed by atoms with Gasteiger partial charge in [0.2, 0.25) is 0 Å². The minimum atomic E-state index is -0.577. The molecule has 2 aromatic carbocycles. The summed E-state index contributed by atoms with van der Waals surface area (Å²) in [5.41, 5.74) is 8.94. The van der Waals surface area contributed by atoms with Crippen molar-refractivity contribution in [3.63, 3.8) is 0 Å². The van der Waals surface area contributed by atoms with Crippen LogP contribution in [0, 0.1) is 11.8 Å². The number of anilines is 1. The molecule has 0 saturated heterocycles. The highest BCUT2D eigenvalue weighted by Crippen LogP contribution is 2.24. The van der Waals surface area contributed by atoms with Gasteiger partial charge in [0, 0.05) is 36.4 Å². The molecule has 6 rings (SSSR count). The number of nitrogens with one attached hydrogen (secondary N) is 1. The second-order valence-corrected chi connectivity index (χ2v) is 9.30. The molecule has 0 unspecified atom stereocenters. The fraction of sp³-hybridized carbons (Fsp3) is 0.100. The minimum absolute atomic E-state index is 0.0685. The van der Waals surface area contributed by atoms with E-state index in [4.69, 9.17) is 5.73 Å². The fourth-order valence-electron chi connectivity index (χ4n) is 4.72. The average molecular weight is 529 g/mol. The molecule has 0 aliphatic carbocycles. The smallest absolute Gasteiger partial charge is 0.264 e. The van der Waals surface area contributed by atoms with Crippen LogP contribution in [0.5, 0.6) is 0 Å². The van der Waals surface area contributed by atoms with E-state index in [0.29, 0.717) is 33.4 Å². The van der Waals surface area contributed by atoms with E-state index in [2.05, 4.69) is 32.2 Å². The van der Waals surface area contributed by atoms with E-state index in [0.717, 1.165) is 5.69 Å². The minimum Gasteiger partial charge on any atom is -0.381 e. The topological polar surface area (TPSA) is 125 Å². The molecule has 4 heterocycles. The predicted molar refractivity (Wildman–Crippen MR) is 152 cm³/mol. The van der Waals surface area contributed by atoms with Crippen molar-refractivity contribution in [2.24, 2.45) is 7.05 Å². The van der Waals surface area contributed by atoms with E-state index < -0.39 is 11.9 Å². The first kappa shape index (κ1) is 24.6. The SMILES string of the molecule is C[C@@H](NC(=O)c1c(N)nn2cccnc12)c1cc2cccc(C#Cc3cncn3C)c2c(=O)n1-c1ccccc1. The molecule has 1 atom stereocenters. The third kappa shape index (κ3) is 4.25. The molecule has 0 bridgehead atoms. The number of benzene rings is 2. The number of carbonyl (C=O) groups excluding carboxylic acids is 1. The Labute approximate surface area is 228 Å². The van der Waals surface area contributed by atoms with Crippen molar-refractivity contribution < 1.29 is 4.79 Å². The lowest BCUT2D eigenvalue weighted by Crippen LogP contribution is -2.32. The molecule has 196 valence electrons. The summed E-state index contributed by atoms with van der Waals surface area (Å²) < 4.78 is 4.88. The molecule has 0 fully saturated rings. The number of rotatable bonds is 4. The highest BCUT2D eigenvalue weighted by Gasteiger charge is 2.24. The zero-order valence-electron chi connectivity index (χ0n) is 21.7. The third-order valence-electron chi connectivity index (χ3n) is 6.67. The van der Waals surface area contributed by atoms with Crippen molar-refractivity contribution in [1.82, 2.24) is 34.0 Å². The number of hydrogen-bond donors (Lipinski definition) is 2. The largest absolute Gasteiger partial charge is 0.381 e. The Bertz CT molecular complexity index is 2030. The summed E-state index contributed by atoms with van der Waals surface area (Å²) in [6.45, 7) is 1.82. The van der Waals surface area contributed by atoms with Crippen molar-refractivity contribution in [1.29, 1.82) is 0 Å². The van der Waals surface area contributed by atoms with Crippen molar-refractivity contribution in [3.05, 3.63) is 118 Å². The van der Waals surface area contributed by atoms with Gasteiger partial charge in [0.25, 0.3) is 11.5 Å². The van der Waals surface area contributed by atoms with E-state index in [1.165, 1.54) is 4.52 Å². The lowest BCUT2D eigenvalue weighted by Gasteiger charge is -2.21. The summed E-state index contributed by atoms with van der Waals surface area (Å²) in [4.78, 5) is 35.9. The molecule has 40 heavy (non-hydrogen) atoms.